The molecule has 0 saturated carbocycles. The molecule has 2 aromatic carbocycles. The van der Waals surface area contributed by atoms with Gasteiger partial charge in [-0.1, -0.05) is 6.07 Å². The summed E-state index contributed by atoms with van der Waals surface area (Å²) in [6.45, 7) is 0.502. The van der Waals surface area contributed by atoms with Gasteiger partial charge >= 0.3 is 12.3 Å². The number of halogens is 4. The molecule has 1 amide bonds. The van der Waals surface area contributed by atoms with Crippen molar-refractivity contribution in [2.75, 3.05) is 22.5 Å². The van der Waals surface area contributed by atoms with Crippen LogP contribution in [0.15, 0.2) is 30.3 Å². The first-order chi connectivity index (χ1) is 12.2. The van der Waals surface area contributed by atoms with Gasteiger partial charge in [0, 0.05) is 13.1 Å². The standard InChI is InChI=1S/C17H15F4N3O2/c18-14-13(4-3-12(15(14)22)23-16(25)26)24-6-5-9-1-2-11(17(19,20)21)7-10(9)8-24/h1-4,7,23H,5-6,8,22H2,(H,25,26). The molecule has 0 unspecified atom stereocenters. The number of amides is 1. The van der Waals surface area contributed by atoms with E-state index in [1.807, 2.05) is 5.32 Å². The zero-order chi connectivity index (χ0) is 19.1. The monoisotopic (exact) mass is 369 g/mol. The van der Waals surface area contributed by atoms with E-state index in [0.717, 1.165) is 17.7 Å². The lowest BCUT2D eigenvalue weighted by Gasteiger charge is -2.32. The fourth-order valence-corrected chi connectivity index (χ4v) is 2.99. The molecule has 0 radical (unpaired) electrons. The van der Waals surface area contributed by atoms with Gasteiger partial charge in [0.25, 0.3) is 0 Å². The maximum atomic E-state index is 14.6. The predicted molar refractivity (Wildman–Crippen MR) is 88.7 cm³/mol. The van der Waals surface area contributed by atoms with Crippen molar-refractivity contribution >= 4 is 23.2 Å². The highest BCUT2D eigenvalue weighted by Crippen LogP contribution is 2.35. The van der Waals surface area contributed by atoms with Crippen LogP contribution in [0.4, 0.5) is 39.4 Å². The Hall–Kier alpha value is -2.97. The third-order valence-electron chi connectivity index (χ3n) is 4.29. The van der Waals surface area contributed by atoms with Gasteiger partial charge in [-0.05, 0) is 41.8 Å². The summed E-state index contributed by atoms with van der Waals surface area (Å²) in [5.41, 5.74) is 5.80. The molecule has 1 aliphatic rings. The van der Waals surface area contributed by atoms with Crippen LogP contribution in [-0.4, -0.2) is 17.7 Å². The number of benzene rings is 2. The maximum absolute atomic E-state index is 14.6. The van der Waals surface area contributed by atoms with E-state index in [2.05, 4.69) is 0 Å². The minimum Gasteiger partial charge on any atom is -0.465 e. The molecule has 0 aliphatic carbocycles. The summed E-state index contributed by atoms with van der Waals surface area (Å²) in [5, 5.41) is 10.7. The molecule has 0 fully saturated rings. The summed E-state index contributed by atoms with van der Waals surface area (Å²) in [4.78, 5) is 12.3. The fourth-order valence-electron chi connectivity index (χ4n) is 2.99. The summed E-state index contributed by atoms with van der Waals surface area (Å²) >= 11 is 0. The second-order valence-corrected chi connectivity index (χ2v) is 5.94. The second-order valence-electron chi connectivity index (χ2n) is 5.94. The maximum Gasteiger partial charge on any atom is 0.416 e. The summed E-state index contributed by atoms with van der Waals surface area (Å²) in [6, 6.07) is 6.24. The molecular weight excluding hydrogens is 354 g/mol. The molecule has 0 spiro atoms. The van der Waals surface area contributed by atoms with E-state index in [1.54, 1.807) is 4.90 Å². The lowest BCUT2D eigenvalue weighted by atomic mass is 9.96. The Morgan fingerprint density at radius 3 is 2.58 bits per heavy atom. The molecule has 5 nitrogen and oxygen atoms in total. The number of hydrogen-bond acceptors (Lipinski definition) is 3. The summed E-state index contributed by atoms with van der Waals surface area (Å²) in [5.74, 6) is -0.813. The van der Waals surface area contributed by atoms with E-state index in [9.17, 15) is 22.4 Å². The Kier molecular flexibility index (Phi) is 4.39. The highest BCUT2D eigenvalue weighted by molar-refractivity contribution is 5.88. The highest BCUT2D eigenvalue weighted by atomic mass is 19.4. The van der Waals surface area contributed by atoms with Crippen molar-refractivity contribution in [3.8, 4) is 0 Å². The minimum absolute atomic E-state index is 0.0875. The van der Waals surface area contributed by atoms with Crippen molar-refractivity contribution in [1.29, 1.82) is 0 Å². The number of nitrogens with one attached hydrogen (secondary N) is 1. The molecule has 1 heterocycles. The number of carbonyl (C=O) groups is 1. The van der Waals surface area contributed by atoms with Crippen LogP contribution in [-0.2, 0) is 19.1 Å². The number of rotatable bonds is 2. The molecule has 3 rings (SSSR count). The first-order valence-electron chi connectivity index (χ1n) is 7.68. The third-order valence-corrected chi connectivity index (χ3v) is 4.29. The Morgan fingerprint density at radius 2 is 1.92 bits per heavy atom. The lowest BCUT2D eigenvalue weighted by molar-refractivity contribution is -0.137. The number of nitrogen functional groups attached to an aromatic ring is 1. The number of hydrogen-bond donors (Lipinski definition) is 3. The Labute approximate surface area is 146 Å². The van der Waals surface area contributed by atoms with Gasteiger partial charge in [-0.15, -0.1) is 0 Å². The number of anilines is 3. The molecule has 2 aromatic rings. The average Bonchev–Trinajstić information content (AvgIpc) is 2.57. The Bertz CT molecular complexity index is 868. The van der Waals surface area contributed by atoms with E-state index in [-0.39, 0.29) is 23.6 Å². The van der Waals surface area contributed by atoms with Crippen molar-refractivity contribution in [2.45, 2.75) is 19.1 Å². The summed E-state index contributed by atoms with van der Waals surface area (Å²) in [7, 11) is 0. The van der Waals surface area contributed by atoms with Crippen LogP contribution >= 0.6 is 0 Å². The van der Waals surface area contributed by atoms with Gasteiger partial charge in [0.2, 0.25) is 0 Å². The quantitative estimate of drug-likeness (QED) is 0.551. The van der Waals surface area contributed by atoms with Crippen LogP contribution < -0.4 is 16.0 Å². The molecule has 0 saturated heterocycles. The molecule has 138 valence electrons. The van der Waals surface area contributed by atoms with Gasteiger partial charge in [-0.25, -0.2) is 9.18 Å². The molecule has 26 heavy (non-hydrogen) atoms. The largest absolute Gasteiger partial charge is 0.465 e. The van der Waals surface area contributed by atoms with Gasteiger partial charge < -0.3 is 15.7 Å². The SMILES string of the molecule is Nc1c(NC(=O)O)ccc(N2CCc3ccc(C(F)(F)F)cc3C2)c1F. The lowest BCUT2D eigenvalue weighted by Crippen LogP contribution is -2.31. The summed E-state index contributed by atoms with van der Waals surface area (Å²) in [6.07, 6.45) is -5.37. The van der Waals surface area contributed by atoms with E-state index in [4.69, 9.17) is 10.8 Å². The molecule has 0 aromatic heterocycles. The van der Waals surface area contributed by atoms with Crippen LogP contribution in [0.25, 0.3) is 0 Å². The van der Waals surface area contributed by atoms with Crippen molar-refractivity contribution in [3.63, 3.8) is 0 Å². The topological polar surface area (TPSA) is 78.6 Å². The molecule has 9 heteroatoms. The van der Waals surface area contributed by atoms with Crippen molar-refractivity contribution in [1.82, 2.24) is 0 Å². The van der Waals surface area contributed by atoms with Crippen molar-refractivity contribution in [3.05, 3.63) is 52.8 Å². The minimum atomic E-state index is -4.45. The van der Waals surface area contributed by atoms with Crippen LogP contribution in [0.3, 0.4) is 0 Å². The normalized spacial score (nSPS) is 14.1. The van der Waals surface area contributed by atoms with E-state index in [1.165, 1.54) is 18.2 Å². The van der Waals surface area contributed by atoms with Crippen LogP contribution in [0, 0.1) is 5.82 Å². The molecule has 1 aliphatic heterocycles. The van der Waals surface area contributed by atoms with Crippen molar-refractivity contribution < 1.29 is 27.5 Å². The number of nitrogens with zero attached hydrogens (tertiary/aromatic N) is 1. The van der Waals surface area contributed by atoms with Gasteiger partial charge in [-0.3, -0.25) is 5.32 Å². The smallest absolute Gasteiger partial charge is 0.416 e. The van der Waals surface area contributed by atoms with E-state index >= 15 is 0 Å². The van der Waals surface area contributed by atoms with Crippen molar-refractivity contribution in [2.24, 2.45) is 0 Å². The Balaban J connectivity index is 1.91. The van der Waals surface area contributed by atoms with E-state index < -0.39 is 23.7 Å². The fraction of sp³-hybridized carbons (Fsp3) is 0.235. The molecule has 4 N–H and O–H groups in total. The van der Waals surface area contributed by atoms with Crippen LogP contribution in [0.1, 0.15) is 16.7 Å². The van der Waals surface area contributed by atoms with Crippen LogP contribution in [0.2, 0.25) is 0 Å². The van der Waals surface area contributed by atoms with Gasteiger partial charge in [-0.2, -0.15) is 13.2 Å². The average molecular weight is 369 g/mol. The zero-order valence-corrected chi connectivity index (χ0v) is 13.4. The third kappa shape index (κ3) is 3.37. The number of nitrogens with two attached hydrogens (primary N) is 1. The number of fused-ring (bicyclic) bond motifs is 1. The first kappa shape index (κ1) is 17.8. The zero-order valence-electron chi connectivity index (χ0n) is 13.4. The highest BCUT2D eigenvalue weighted by Gasteiger charge is 2.32. The number of alkyl halides is 3. The van der Waals surface area contributed by atoms with Gasteiger partial charge in [0.1, 0.15) is 0 Å². The molecule has 0 atom stereocenters. The number of carboxylic acid groups (broad SMARTS) is 1. The predicted octanol–water partition coefficient (Wildman–Crippen LogP) is 4.08. The Morgan fingerprint density at radius 1 is 1.19 bits per heavy atom. The van der Waals surface area contributed by atoms with Crippen LogP contribution in [0.5, 0.6) is 0 Å². The van der Waals surface area contributed by atoms with E-state index in [0.29, 0.717) is 18.5 Å². The van der Waals surface area contributed by atoms with Gasteiger partial charge in [0.15, 0.2) is 5.82 Å². The molecule has 0 bridgehead atoms. The van der Waals surface area contributed by atoms with Gasteiger partial charge in [0.05, 0.1) is 22.6 Å². The molecular formula is C17H15F4N3O2. The summed E-state index contributed by atoms with van der Waals surface area (Å²) < 4.78 is 53.3. The first-order valence-corrected chi connectivity index (χ1v) is 7.68. The second kappa shape index (κ2) is 6.40.